The van der Waals surface area contributed by atoms with Gasteiger partial charge < -0.3 is 14.4 Å². The molecule has 392 valence electrons. The Hall–Kier alpha value is -10.7. The second-order valence-electron chi connectivity index (χ2n) is 22.9. The molecule has 0 bridgehead atoms. The summed E-state index contributed by atoms with van der Waals surface area (Å²) in [4.78, 5) is 2.48. The Bertz CT molecular complexity index is 4540. The molecule has 0 saturated carbocycles. The van der Waals surface area contributed by atoms with Crippen LogP contribution in [0.15, 0.2) is 309 Å². The summed E-state index contributed by atoms with van der Waals surface area (Å²) >= 11 is 0. The van der Waals surface area contributed by atoms with E-state index in [4.69, 9.17) is 9.47 Å². The average Bonchev–Trinajstić information content (AvgIpc) is 1.97. The molecular weight excluding hydrogens is 1020 g/mol. The van der Waals surface area contributed by atoms with Crippen molar-refractivity contribution in [1.29, 1.82) is 0 Å². The van der Waals surface area contributed by atoms with Crippen LogP contribution in [0.5, 0.6) is 23.0 Å². The summed E-state index contributed by atoms with van der Waals surface area (Å²) in [6, 6.07) is 114. The number of hydrogen-bond donors (Lipinski definition) is 0. The Morgan fingerprint density at radius 1 is 0.214 bits per heavy atom. The van der Waals surface area contributed by atoms with Gasteiger partial charge in [0.2, 0.25) is 0 Å². The van der Waals surface area contributed by atoms with E-state index in [0.717, 1.165) is 67.9 Å². The minimum absolute atomic E-state index is 0.500. The summed E-state index contributed by atoms with van der Waals surface area (Å²) in [5, 5.41) is 0. The molecule has 3 heteroatoms. The van der Waals surface area contributed by atoms with E-state index in [1.807, 2.05) is 0 Å². The molecule has 2 spiro atoms. The van der Waals surface area contributed by atoms with E-state index in [0.29, 0.717) is 0 Å². The molecule has 0 fully saturated rings. The van der Waals surface area contributed by atoms with Crippen molar-refractivity contribution in [1.82, 2.24) is 0 Å². The zero-order chi connectivity index (χ0) is 55.1. The van der Waals surface area contributed by atoms with Gasteiger partial charge in [0.15, 0.2) is 0 Å². The van der Waals surface area contributed by atoms with Crippen LogP contribution in [-0.4, -0.2) is 0 Å². The molecule has 0 unspecified atom stereocenters. The van der Waals surface area contributed by atoms with Gasteiger partial charge >= 0.3 is 0 Å². The van der Waals surface area contributed by atoms with Gasteiger partial charge in [-0.05, 0) is 150 Å². The van der Waals surface area contributed by atoms with Gasteiger partial charge in [-0.25, -0.2) is 0 Å². The van der Waals surface area contributed by atoms with Gasteiger partial charge in [-0.3, -0.25) is 0 Å². The predicted molar refractivity (Wildman–Crippen MR) is 339 cm³/mol. The highest BCUT2D eigenvalue weighted by atomic mass is 16.5. The Morgan fingerprint density at radius 2 is 0.548 bits per heavy atom. The number of para-hydroxylation sites is 4. The van der Waals surface area contributed by atoms with Crippen molar-refractivity contribution in [2.24, 2.45) is 0 Å². The lowest BCUT2D eigenvalue weighted by atomic mass is 9.66. The lowest BCUT2D eigenvalue weighted by Crippen LogP contribution is -2.32. The van der Waals surface area contributed by atoms with Crippen LogP contribution in [0.4, 0.5) is 17.1 Å². The molecule has 0 N–H and O–H groups in total. The largest absolute Gasteiger partial charge is 0.457 e. The molecule has 2 heterocycles. The molecule has 3 aliphatic carbocycles. The molecule has 84 heavy (non-hydrogen) atoms. The minimum atomic E-state index is -0.586. The van der Waals surface area contributed by atoms with Gasteiger partial charge in [-0.15, -0.1) is 0 Å². The summed E-state index contributed by atoms with van der Waals surface area (Å²) in [5.74, 6) is 3.53. The third-order valence-corrected chi connectivity index (χ3v) is 19.1. The lowest BCUT2D eigenvalue weighted by Gasteiger charge is -2.39. The molecule has 18 rings (SSSR count). The van der Waals surface area contributed by atoms with E-state index >= 15 is 0 Å². The van der Waals surface area contributed by atoms with E-state index in [9.17, 15) is 0 Å². The number of nitrogens with zero attached hydrogens (tertiary/aromatic N) is 1. The van der Waals surface area contributed by atoms with Gasteiger partial charge in [-0.1, -0.05) is 249 Å². The quantitative estimate of drug-likeness (QED) is 0.166. The molecule has 0 radical (unpaired) electrons. The van der Waals surface area contributed by atoms with Crippen LogP contribution in [0.1, 0.15) is 66.8 Å². The third kappa shape index (κ3) is 6.09. The fourth-order valence-corrected chi connectivity index (χ4v) is 15.9. The topological polar surface area (TPSA) is 21.7 Å². The highest BCUT2D eigenvalue weighted by molar-refractivity contribution is 5.98. The maximum Gasteiger partial charge on any atom is 0.132 e. The Kier molecular flexibility index (Phi) is 9.86. The first kappa shape index (κ1) is 47.0. The molecule has 0 atom stereocenters. The normalized spacial score (nSPS) is 14.7. The van der Waals surface area contributed by atoms with Crippen LogP contribution < -0.4 is 14.4 Å². The van der Waals surface area contributed by atoms with Crippen LogP contribution in [0, 0.1) is 0 Å². The first-order valence-corrected chi connectivity index (χ1v) is 29.1. The Labute approximate surface area is 488 Å². The molecule has 0 aromatic heterocycles. The van der Waals surface area contributed by atoms with Gasteiger partial charge in [-0.2, -0.15) is 0 Å². The monoisotopic (exact) mass is 1070 g/mol. The number of anilines is 3. The van der Waals surface area contributed by atoms with Gasteiger partial charge in [0, 0.05) is 39.3 Å². The standard InChI is InChI=1S/C81H51NO2/c1-3-22-53(23-4-1)79(54-24-5-2-6-25-54)66-32-12-9-28-61(66)78-58(29-21-37-73(78)79)52-42-44-55(45-43-52)82(56-46-48-67-62(50-56)59-26-7-10-30-64(59)80(67)69-33-13-17-38-74(69)83-75-39-18-14-34-70(75)80)57-47-49-68-63(51-57)60-27-8-11-31-65(60)81(68)71-35-15-19-40-76(71)84-77-41-20-16-36-72(77)81/h1-51H. The van der Waals surface area contributed by atoms with Crippen molar-refractivity contribution in [2.75, 3.05) is 4.90 Å². The van der Waals surface area contributed by atoms with Crippen LogP contribution in [0.3, 0.4) is 0 Å². The highest BCUT2D eigenvalue weighted by Gasteiger charge is 2.53. The van der Waals surface area contributed by atoms with Gasteiger partial charge in [0.05, 0.1) is 16.2 Å². The van der Waals surface area contributed by atoms with Crippen molar-refractivity contribution in [3.8, 4) is 67.5 Å². The van der Waals surface area contributed by atoms with Crippen LogP contribution >= 0.6 is 0 Å². The number of hydrogen-bond acceptors (Lipinski definition) is 3. The Balaban J connectivity index is 0.853. The highest BCUT2D eigenvalue weighted by Crippen LogP contribution is 2.65. The van der Waals surface area contributed by atoms with Crippen LogP contribution in [-0.2, 0) is 16.2 Å². The summed E-state index contributed by atoms with van der Waals surface area (Å²) in [6.45, 7) is 0. The minimum Gasteiger partial charge on any atom is -0.457 e. The lowest BCUT2D eigenvalue weighted by molar-refractivity contribution is 0.436. The van der Waals surface area contributed by atoms with Gasteiger partial charge in [0.1, 0.15) is 23.0 Å². The molecule has 2 aliphatic heterocycles. The number of benzene rings is 13. The number of rotatable bonds is 6. The molecule has 13 aromatic rings. The van der Waals surface area contributed by atoms with Crippen molar-refractivity contribution in [3.63, 3.8) is 0 Å². The van der Waals surface area contributed by atoms with Crippen molar-refractivity contribution in [2.45, 2.75) is 16.2 Å². The average molecular weight is 1070 g/mol. The summed E-state index contributed by atoms with van der Waals surface area (Å²) in [6.07, 6.45) is 0. The predicted octanol–water partition coefficient (Wildman–Crippen LogP) is 20.1. The zero-order valence-corrected chi connectivity index (χ0v) is 45.7. The molecule has 3 nitrogen and oxygen atoms in total. The second-order valence-corrected chi connectivity index (χ2v) is 22.9. The number of fused-ring (bicyclic) bond motifs is 21. The number of ether oxygens (including phenoxy) is 2. The Morgan fingerprint density at radius 3 is 1.00 bits per heavy atom. The van der Waals surface area contributed by atoms with Gasteiger partial charge in [0.25, 0.3) is 0 Å². The second kappa shape index (κ2) is 17.6. The van der Waals surface area contributed by atoms with Crippen molar-refractivity contribution >= 4 is 17.1 Å². The van der Waals surface area contributed by atoms with E-state index in [1.54, 1.807) is 0 Å². The van der Waals surface area contributed by atoms with E-state index < -0.39 is 16.2 Å². The summed E-state index contributed by atoms with van der Waals surface area (Å²) in [7, 11) is 0. The first-order chi connectivity index (χ1) is 41.7. The SMILES string of the molecule is c1ccc(C2(c3ccccc3)c3ccccc3-c3c(-c4ccc(N(c5ccc6c(c5)-c5ccccc5C65c6ccccc6Oc6ccccc65)c5ccc6c(c5)-c5ccccc5C65c6ccccc6Oc6ccccc65)cc4)cccc32)cc1. The fourth-order valence-electron chi connectivity index (χ4n) is 15.9. The molecular formula is C81H51NO2. The van der Waals surface area contributed by atoms with E-state index in [2.05, 4.69) is 314 Å². The summed E-state index contributed by atoms with van der Waals surface area (Å²) in [5.41, 5.74) is 26.0. The third-order valence-electron chi connectivity index (χ3n) is 19.1. The fraction of sp³-hybridized carbons (Fsp3) is 0.0370. The molecule has 0 saturated heterocycles. The molecule has 5 aliphatic rings. The van der Waals surface area contributed by atoms with E-state index in [1.165, 1.54) is 83.5 Å². The maximum absolute atomic E-state index is 6.73. The zero-order valence-electron chi connectivity index (χ0n) is 45.7. The van der Waals surface area contributed by atoms with Crippen LogP contribution in [0.25, 0.3) is 44.5 Å². The van der Waals surface area contributed by atoms with Crippen molar-refractivity contribution < 1.29 is 9.47 Å². The maximum atomic E-state index is 6.73. The van der Waals surface area contributed by atoms with Crippen molar-refractivity contribution in [3.05, 3.63) is 376 Å². The van der Waals surface area contributed by atoms with Crippen LogP contribution in [0.2, 0.25) is 0 Å². The smallest absolute Gasteiger partial charge is 0.132 e. The summed E-state index contributed by atoms with van der Waals surface area (Å²) < 4.78 is 13.5. The molecule has 0 amide bonds. The van der Waals surface area contributed by atoms with E-state index in [-0.39, 0.29) is 0 Å². The first-order valence-electron chi connectivity index (χ1n) is 29.1. The molecule has 13 aromatic carbocycles.